The monoisotopic (exact) mass is 1800 g/mol. The summed E-state index contributed by atoms with van der Waals surface area (Å²) in [6.45, 7) is 13.4. The highest BCUT2D eigenvalue weighted by molar-refractivity contribution is 6.09. The second kappa shape index (κ2) is 48.5. The minimum absolute atomic E-state index is 0. The van der Waals surface area contributed by atoms with E-state index in [1.807, 2.05) is 24.3 Å². The van der Waals surface area contributed by atoms with E-state index in [2.05, 4.69) is 145 Å². The molecular weight excluding hydrogens is 1710 g/mol. The Kier molecular flexibility index (Phi) is 35.4. The Hall–Kier alpha value is -16.4. The first kappa shape index (κ1) is 96.2. The normalized spacial score (nSPS) is 13.1. The number of hydrogen-bond acceptors (Lipinski definition) is 25. The van der Waals surface area contributed by atoms with Crippen LogP contribution >= 0.6 is 0 Å². The lowest BCUT2D eigenvalue weighted by Crippen LogP contribution is -2.43. The second-order valence-corrected chi connectivity index (χ2v) is 28.6. The number of para-hydroxylation sites is 3. The number of nitrogens with zero attached hydrogens (tertiary/aromatic N) is 12. The first-order chi connectivity index (χ1) is 63.3. The minimum atomic E-state index is -0.835. The van der Waals surface area contributed by atoms with Gasteiger partial charge >= 0.3 is 24.1 Å². The van der Waals surface area contributed by atoms with Gasteiger partial charge in [-0.1, -0.05) is 69.5 Å². The summed E-state index contributed by atoms with van der Waals surface area (Å²) in [5, 5.41) is 44.5. The molecule has 0 saturated carbocycles. The first-order valence-electron chi connectivity index (χ1n) is 40.9. The van der Waals surface area contributed by atoms with E-state index in [4.69, 9.17) is 4.74 Å². The van der Waals surface area contributed by atoms with Crippen LogP contribution in [0.25, 0.3) is 0 Å². The van der Waals surface area contributed by atoms with Crippen LogP contribution in [0.3, 0.4) is 0 Å². The molecule has 16 rings (SSSR count). The zero-order valence-electron chi connectivity index (χ0n) is 69.9. The standard InChI is InChI=1S/C23H25N7O3.C22H21F2N7O2.2C22H22FN7O2.2CH4/c1-33-20-7-3-2-5-16(20)28-23(32)29-21-8-4-6-17(26-21)22(31)27-18-15-25-10-9-19(18)30-13-11-24-12-14-30;23-14-4-5-15(24)17(12-14)29-22(33)30-20-3-1-2-16(27-20)21(32)28-18-13-26-7-6-19(18)31-10-8-25-9-11-31;23-15-3-1-4-16(13-15)26-22(32)29-20-6-2-5-17(27-20)21(31)28-18-14-25-8-7-19(18)30-11-9-24-10-12-30;23-15-4-1-2-5-16(15)28-22(32)29-20-7-3-6-17(26-20)21(31)27-18-14-25-9-8-19(18)30-12-10-24-11-13-30;;/h2-10,15,24H,11-14H2,1H3,(H,27,31)(H2,26,28,29,32);1-7,12-13,25H,8-11H2,(H,28,32)(H2,27,29,30,33);1-8,13-14,24H,9-12H2,(H,28,31)(H2,26,27,29,32);1-9,14,24H,10-13H2,(H,27,31)(H2,26,28,29,32);2*1H4. The highest BCUT2D eigenvalue weighted by Gasteiger charge is 2.25. The molecule has 4 aliphatic heterocycles. The molecule has 12 heterocycles. The number of ether oxygens (including phenoxy) is 1. The maximum absolute atomic E-state index is 13.7. The van der Waals surface area contributed by atoms with E-state index in [1.165, 1.54) is 67.8 Å². The summed E-state index contributed by atoms with van der Waals surface area (Å²) in [5.41, 5.74) is 6.85. The molecule has 4 aromatic carbocycles. The molecule has 16 N–H and O–H groups in total. The number of anilines is 16. The van der Waals surface area contributed by atoms with Crippen LogP contribution < -0.4 is 109 Å². The predicted molar refractivity (Wildman–Crippen MR) is 502 cm³/mol. The van der Waals surface area contributed by atoms with Crippen LogP contribution in [0.2, 0.25) is 0 Å². The van der Waals surface area contributed by atoms with Crippen molar-refractivity contribution >= 4 is 139 Å². The van der Waals surface area contributed by atoms with Crippen molar-refractivity contribution in [2.45, 2.75) is 14.9 Å². The molecule has 684 valence electrons. The van der Waals surface area contributed by atoms with E-state index in [0.29, 0.717) is 39.9 Å². The molecule has 0 radical (unpaired) electrons. The van der Waals surface area contributed by atoms with E-state index in [0.717, 1.165) is 146 Å². The average Bonchev–Trinajstić information content (AvgIpc) is 0.838. The number of carbonyl (C=O) groups excluding carboxylic acids is 8. The summed E-state index contributed by atoms with van der Waals surface area (Å²) in [4.78, 5) is 142. The van der Waals surface area contributed by atoms with Crippen molar-refractivity contribution in [2.24, 2.45) is 0 Å². The number of amides is 12. The smallest absolute Gasteiger partial charge is 0.324 e. The first-order valence-corrected chi connectivity index (χ1v) is 40.9. The van der Waals surface area contributed by atoms with Gasteiger partial charge < -0.3 is 88.1 Å². The van der Waals surface area contributed by atoms with Gasteiger partial charge in [0.2, 0.25) is 0 Å². The van der Waals surface area contributed by atoms with E-state index >= 15 is 0 Å². The fourth-order valence-corrected chi connectivity index (χ4v) is 13.5. The van der Waals surface area contributed by atoms with E-state index < -0.39 is 71.0 Å². The summed E-state index contributed by atoms with van der Waals surface area (Å²) < 4.78 is 59.2. The highest BCUT2D eigenvalue weighted by Crippen LogP contribution is 2.32. The number of pyridine rings is 8. The predicted octanol–water partition coefficient (Wildman–Crippen LogP) is 13.0. The number of rotatable bonds is 21. The van der Waals surface area contributed by atoms with E-state index in [1.54, 1.807) is 135 Å². The molecule has 4 fully saturated rings. The van der Waals surface area contributed by atoms with Gasteiger partial charge in [-0.25, -0.2) is 56.7 Å². The molecule has 37 nitrogen and oxygen atoms in total. The van der Waals surface area contributed by atoms with Crippen LogP contribution in [0.15, 0.2) is 238 Å². The van der Waals surface area contributed by atoms with Crippen LogP contribution in [-0.4, -0.2) is 199 Å². The molecule has 4 aliphatic rings. The van der Waals surface area contributed by atoms with Crippen molar-refractivity contribution in [3.63, 3.8) is 0 Å². The van der Waals surface area contributed by atoms with Crippen molar-refractivity contribution in [1.82, 2.24) is 61.1 Å². The van der Waals surface area contributed by atoms with Gasteiger partial charge in [0, 0.05) is 141 Å². The maximum atomic E-state index is 13.7. The van der Waals surface area contributed by atoms with Gasteiger partial charge in [0.15, 0.2) is 0 Å². The van der Waals surface area contributed by atoms with Crippen molar-refractivity contribution < 1.29 is 60.7 Å². The molecule has 8 aromatic heterocycles. The third kappa shape index (κ3) is 28.1. The Labute approximate surface area is 757 Å². The summed E-state index contributed by atoms with van der Waals surface area (Å²) in [6, 6.07) is 44.7. The van der Waals surface area contributed by atoms with Gasteiger partial charge in [0.05, 0.1) is 94.5 Å². The number of aromatic nitrogens is 8. The Morgan fingerprint density at radius 1 is 0.295 bits per heavy atom. The van der Waals surface area contributed by atoms with Gasteiger partial charge in [-0.05, 0) is 127 Å². The van der Waals surface area contributed by atoms with Gasteiger partial charge in [0.25, 0.3) is 23.6 Å². The zero-order chi connectivity index (χ0) is 90.9. The minimum Gasteiger partial charge on any atom is -0.495 e. The van der Waals surface area contributed by atoms with Gasteiger partial charge in [-0.2, -0.15) is 0 Å². The average molecular weight is 1800 g/mol. The molecule has 0 spiro atoms. The number of piperazine rings is 4. The molecule has 12 aromatic rings. The molecular formula is C91H98F4N28O9. The largest absolute Gasteiger partial charge is 0.495 e. The Morgan fingerprint density at radius 2 is 0.598 bits per heavy atom. The summed E-state index contributed by atoms with van der Waals surface area (Å²) in [5.74, 6) is -3.08. The van der Waals surface area contributed by atoms with Crippen LogP contribution in [0.1, 0.15) is 56.8 Å². The topological polar surface area (TPSA) is 454 Å². The summed E-state index contributed by atoms with van der Waals surface area (Å²) in [6.07, 6.45) is 13.1. The van der Waals surface area contributed by atoms with Crippen molar-refractivity contribution in [2.75, 3.05) is 195 Å². The Morgan fingerprint density at radius 3 is 0.947 bits per heavy atom. The number of benzene rings is 4. The molecule has 0 unspecified atom stereocenters. The molecule has 4 saturated heterocycles. The van der Waals surface area contributed by atoms with Crippen molar-refractivity contribution in [3.05, 3.63) is 284 Å². The molecule has 132 heavy (non-hydrogen) atoms. The van der Waals surface area contributed by atoms with Crippen molar-refractivity contribution in [3.8, 4) is 5.75 Å². The quantitative estimate of drug-likeness (QED) is 0.0297. The number of carbonyl (C=O) groups is 8. The maximum Gasteiger partial charge on any atom is 0.324 e. The van der Waals surface area contributed by atoms with Crippen LogP contribution in [0, 0.1) is 23.3 Å². The number of nitrogens with one attached hydrogen (secondary N) is 16. The fourth-order valence-electron chi connectivity index (χ4n) is 13.5. The molecule has 0 aliphatic carbocycles. The number of halogens is 4. The summed E-state index contributed by atoms with van der Waals surface area (Å²) >= 11 is 0. The Bertz CT molecular complexity index is 5970. The number of hydrogen-bond donors (Lipinski definition) is 16. The zero-order valence-corrected chi connectivity index (χ0v) is 69.9. The molecule has 12 amide bonds. The second-order valence-electron chi connectivity index (χ2n) is 28.6. The van der Waals surface area contributed by atoms with Crippen LogP contribution in [0.4, 0.5) is 128 Å². The summed E-state index contributed by atoms with van der Waals surface area (Å²) in [7, 11) is 1.53. The van der Waals surface area contributed by atoms with Gasteiger partial charge in [0.1, 0.15) is 75.1 Å². The Balaban J connectivity index is 0.000000169. The SMILES string of the molecule is C.C.COc1ccccc1NC(=O)Nc1cccc(C(=O)Nc2cnccc2N2CCNCC2)n1.O=C(Nc1cccc(C(=O)Nc2cnccc2N2CCNCC2)n1)Nc1cc(F)ccc1F.O=C(Nc1cccc(C(=O)Nc2cnccc2N2CCNCC2)n1)Nc1ccccc1F.O=C(Nc1cccc(F)c1)Nc1cccc(C(=O)Nc2cnccc2N2CCNCC2)n1. The van der Waals surface area contributed by atoms with Gasteiger partial charge in [-0.3, -0.25) is 60.4 Å². The third-order valence-electron chi connectivity index (χ3n) is 19.6. The third-order valence-corrected chi connectivity index (χ3v) is 19.6. The lowest BCUT2D eigenvalue weighted by molar-refractivity contribution is 0.101. The van der Waals surface area contributed by atoms with Crippen LogP contribution in [-0.2, 0) is 0 Å². The molecule has 0 bridgehead atoms. The lowest BCUT2D eigenvalue weighted by Gasteiger charge is -2.30. The number of urea groups is 4. The highest BCUT2D eigenvalue weighted by atomic mass is 19.1. The van der Waals surface area contributed by atoms with E-state index in [9.17, 15) is 55.9 Å². The van der Waals surface area contributed by atoms with Gasteiger partial charge in [-0.15, -0.1) is 0 Å². The molecule has 41 heteroatoms. The fraction of sp³-hybridized carbons (Fsp3) is 0.209. The van der Waals surface area contributed by atoms with Crippen LogP contribution in [0.5, 0.6) is 5.75 Å². The van der Waals surface area contributed by atoms with E-state index in [-0.39, 0.29) is 72.3 Å². The molecule has 0 atom stereocenters. The van der Waals surface area contributed by atoms with Crippen molar-refractivity contribution in [1.29, 1.82) is 0 Å². The number of methoxy groups -OCH3 is 1. The lowest BCUT2D eigenvalue weighted by atomic mass is 10.2.